The van der Waals surface area contributed by atoms with Crippen LogP contribution < -0.4 is 0 Å². The van der Waals surface area contributed by atoms with Crippen LogP contribution in [0.2, 0.25) is 0 Å². The molecule has 128 valence electrons. The third-order valence-electron chi connectivity index (χ3n) is 4.36. The normalized spacial score (nSPS) is 17.9. The number of nitrogens with zero attached hydrogens (tertiary/aromatic N) is 3. The van der Waals surface area contributed by atoms with Crippen LogP contribution in [0.15, 0.2) is 22.7 Å². The van der Waals surface area contributed by atoms with Crippen LogP contribution in [0.5, 0.6) is 0 Å². The Labute approximate surface area is 139 Å². The summed E-state index contributed by atoms with van der Waals surface area (Å²) in [6.45, 7) is 4.79. The minimum Gasteiger partial charge on any atom is -0.480 e. The Balaban J connectivity index is 1.72. The molecule has 0 aromatic carbocycles. The van der Waals surface area contributed by atoms with Gasteiger partial charge in [-0.3, -0.25) is 14.3 Å². The third-order valence-corrected chi connectivity index (χ3v) is 4.36. The van der Waals surface area contributed by atoms with Gasteiger partial charge in [0.1, 0.15) is 18.1 Å². The van der Waals surface area contributed by atoms with E-state index < -0.39 is 5.97 Å². The molecule has 3 rings (SSSR count). The van der Waals surface area contributed by atoms with Crippen molar-refractivity contribution in [1.29, 1.82) is 0 Å². The molecule has 1 aliphatic rings. The lowest BCUT2D eigenvalue weighted by Crippen LogP contribution is -2.39. The van der Waals surface area contributed by atoms with Crippen molar-refractivity contribution in [2.24, 2.45) is 0 Å². The molecule has 1 N–H and O–H groups in total. The second kappa shape index (κ2) is 6.51. The molecule has 1 fully saturated rings. The molecule has 7 nitrogen and oxygen atoms in total. The van der Waals surface area contributed by atoms with Crippen LogP contribution in [0, 0.1) is 13.8 Å². The Morgan fingerprint density at radius 2 is 2.21 bits per heavy atom. The average Bonchev–Trinajstić information content (AvgIpc) is 3.12. The fraction of sp³-hybridized carbons (Fsp3) is 0.471. The standard InChI is InChI=1S/C17H21N3O4/c1-11-8-14(12(2)24-11)17(23)19-6-3-4-13(9-19)15-5-7-20(18-15)10-16(21)22/h5,7-8,13H,3-4,6,9-10H2,1-2H3,(H,21,22). The van der Waals surface area contributed by atoms with E-state index in [9.17, 15) is 9.59 Å². The smallest absolute Gasteiger partial charge is 0.325 e. The summed E-state index contributed by atoms with van der Waals surface area (Å²) < 4.78 is 6.88. The highest BCUT2D eigenvalue weighted by atomic mass is 16.4. The van der Waals surface area contributed by atoms with Gasteiger partial charge in [0, 0.05) is 25.2 Å². The molecule has 2 aromatic heterocycles. The summed E-state index contributed by atoms with van der Waals surface area (Å²) in [5.41, 5.74) is 1.46. The number of carbonyl (C=O) groups excluding carboxylic acids is 1. The van der Waals surface area contributed by atoms with E-state index in [-0.39, 0.29) is 18.4 Å². The molecule has 0 spiro atoms. The first-order chi connectivity index (χ1) is 11.4. The highest BCUT2D eigenvalue weighted by Crippen LogP contribution is 2.27. The van der Waals surface area contributed by atoms with Crippen LogP contribution in [0.4, 0.5) is 0 Å². The van der Waals surface area contributed by atoms with Gasteiger partial charge in [0.15, 0.2) is 0 Å². The lowest BCUT2D eigenvalue weighted by molar-refractivity contribution is -0.137. The summed E-state index contributed by atoms with van der Waals surface area (Å²) >= 11 is 0. The zero-order valence-corrected chi connectivity index (χ0v) is 13.9. The van der Waals surface area contributed by atoms with Crippen LogP contribution >= 0.6 is 0 Å². The van der Waals surface area contributed by atoms with Crippen LogP contribution in [0.25, 0.3) is 0 Å². The van der Waals surface area contributed by atoms with E-state index in [0.717, 1.165) is 30.8 Å². The van der Waals surface area contributed by atoms with Crippen LogP contribution in [-0.4, -0.2) is 44.8 Å². The van der Waals surface area contributed by atoms with E-state index in [1.54, 1.807) is 19.2 Å². The van der Waals surface area contributed by atoms with Crippen molar-refractivity contribution >= 4 is 11.9 Å². The molecule has 1 aliphatic heterocycles. The van der Waals surface area contributed by atoms with Gasteiger partial charge in [-0.15, -0.1) is 0 Å². The van der Waals surface area contributed by atoms with E-state index >= 15 is 0 Å². The monoisotopic (exact) mass is 331 g/mol. The number of aryl methyl sites for hydroxylation is 2. The number of aromatic nitrogens is 2. The van der Waals surface area contributed by atoms with Gasteiger partial charge in [-0.2, -0.15) is 5.10 Å². The summed E-state index contributed by atoms with van der Waals surface area (Å²) in [4.78, 5) is 25.3. The van der Waals surface area contributed by atoms with Gasteiger partial charge in [-0.25, -0.2) is 0 Å². The quantitative estimate of drug-likeness (QED) is 0.928. The Kier molecular flexibility index (Phi) is 4.42. The van der Waals surface area contributed by atoms with Crippen molar-refractivity contribution in [2.75, 3.05) is 13.1 Å². The number of amides is 1. The van der Waals surface area contributed by atoms with Crippen LogP contribution in [-0.2, 0) is 11.3 Å². The number of furan rings is 1. The molecule has 24 heavy (non-hydrogen) atoms. The minimum atomic E-state index is -0.920. The molecular weight excluding hydrogens is 310 g/mol. The summed E-state index contributed by atoms with van der Waals surface area (Å²) in [5.74, 6) is 0.572. The number of rotatable bonds is 4. The minimum absolute atomic E-state index is 0.0148. The first kappa shape index (κ1) is 16.3. The molecular formula is C17H21N3O4. The predicted octanol–water partition coefficient (Wildman–Crippen LogP) is 2.20. The van der Waals surface area contributed by atoms with Gasteiger partial charge in [-0.1, -0.05) is 0 Å². The van der Waals surface area contributed by atoms with Gasteiger partial charge in [-0.05, 0) is 38.8 Å². The largest absolute Gasteiger partial charge is 0.480 e. The highest BCUT2D eigenvalue weighted by Gasteiger charge is 2.28. The number of hydrogen-bond donors (Lipinski definition) is 1. The van der Waals surface area contributed by atoms with E-state index in [4.69, 9.17) is 9.52 Å². The topological polar surface area (TPSA) is 88.6 Å². The molecule has 1 saturated heterocycles. The number of carbonyl (C=O) groups is 2. The molecule has 0 bridgehead atoms. The van der Waals surface area contributed by atoms with Crippen molar-refractivity contribution < 1.29 is 19.1 Å². The van der Waals surface area contributed by atoms with Crippen LogP contribution in [0.1, 0.15) is 46.3 Å². The molecule has 1 atom stereocenters. The fourth-order valence-corrected chi connectivity index (χ4v) is 3.24. The molecule has 2 aromatic rings. The molecule has 3 heterocycles. The maximum Gasteiger partial charge on any atom is 0.325 e. The summed E-state index contributed by atoms with van der Waals surface area (Å²) in [5, 5.41) is 13.2. The maximum atomic E-state index is 12.7. The lowest BCUT2D eigenvalue weighted by Gasteiger charge is -2.32. The Bertz CT molecular complexity index is 762. The summed E-state index contributed by atoms with van der Waals surface area (Å²) in [6, 6.07) is 3.62. The number of carboxylic acids is 1. The number of piperidine rings is 1. The van der Waals surface area contributed by atoms with Gasteiger partial charge in [0.05, 0.1) is 11.3 Å². The van der Waals surface area contributed by atoms with Crippen molar-refractivity contribution in [1.82, 2.24) is 14.7 Å². The Morgan fingerprint density at radius 1 is 1.42 bits per heavy atom. The average molecular weight is 331 g/mol. The second-order valence-electron chi connectivity index (χ2n) is 6.25. The lowest BCUT2D eigenvalue weighted by atomic mass is 9.94. The van der Waals surface area contributed by atoms with E-state index in [1.807, 2.05) is 17.9 Å². The van der Waals surface area contributed by atoms with E-state index in [2.05, 4.69) is 5.10 Å². The van der Waals surface area contributed by atoms with Gasteiger partial charge >= 0.3 is 5.97 Å². The molecule has 1 unspecified atom stereocenters. The third kappa shape index (κ3) is 3.34. The number of likely N-dealkylation sites (tertiary alicyclic amines) is 1. The molecule has 7 heteroatoms. The first-order valence-electron chi connectivity index (χ1n) is 8.05. The van der Waals surface area contributed by atoms with Crippen molar-refractivity contribution in [3.8, 4) is 0 Å². The summed E-state index contributed by atoms with van der Waals surface area (Å²) in [7, 11) is 0. The fourth-order valence-electron chi connectivity index (χ4n) is 3.24. The zero-order valence-electron chi connectivity index (χ0n) is 13.9. The molecule has 0 radical (unpaired) electrons. The number of aliphatic carboxylic acids is 1. The molecule has 1 amide bonds. The van der Waals surface area contributed by atoms with E-state index in [1.165, 1.54) is 4.68 Å². The van der Waals surface area contributed by atoms with Crippen molar-refractivity contribution in [3.05, 3.63) is 41.1 Å². The predicted molar refractivity (Wildman–Crippen MR) is 85.9 cm³/mol. The number of carboxylic acid groups (broad SMARTS) is 1. The molecule has 0 aliphatic carbocycles. The van der Waals surface area contributed by atoms with Crippen molar-refractivity contribution in [3.63, 3.8) is 0 Å². The van der Waals surface area contributed by atoms with Gasteiger partial charge in [0.2, 0.25) is 0 Å². The van der Waals surface area contributed by atoms with Crippen molar-refractivity contribution in [2.45, 2.75) is 39.2 Å². The van der Waals surface area contributed by atoms with Gasteiger partial charge in [0.25, 0.3) is 5.91 Å². The highest BCUT2D eigenvalue weighted by molar-refractivity contribution is 5.95. The number of hydrogen-bond acceptors (Lipinski definition) is 4. The van der Waals surface area contributed by atoms with Crippen LogP contribution in [0.3, 0.4) is 0 Å². The maximum absolute atomic E-state index is 12.7. The molecule has 0 saturated carbocycles. The Morgan fingerprint density at radius 3 is 2.88 bits per heavy atom. The Hall–Kier alpha value is -2.57. The second-order valence-corrected chi connectivity index (χ2v) is 6.25. The zero-order chi connectivity index (χ0) is 17.3. The summed E-state index contributed by atoms with van der Waals surface area (Å²) in [6.07, 6.45) is 3.52. The van der Waals surface area contributed by atoms with E-state index in [0.29, 0.717) is 17.9 Å². The SMILES string of the molecule is Cc1cc(C(=O)N2CCCC(c3ccn(CC(=O)O)n3)C2)c(C)o1. The first-order valence-corrected chi connectivity index (χ1v) is 8.05. The van der Waals surface area contributed by atoms with Gasteiger partial charge < -0.3 is 14.4 Å².